The highest BCUT2D eigenvalue weighted by Crippen LogP contribution is 2.24. The molecule has 1 N–H and O–H groups in total. The van der Waals surface area contributed by atoms with E-state index in [9.17, 15) is 14.0 Å². The lowest BCUT2D eigenvalue weighted by molar-refractivity contribution is -0.122. The van der Waals surface area contributed by atoms with Gasteiger partial charge in [0.1, 0.15) is 12.4 Å². The monoisotopic (exact) mass is 387 g/mol. The summed E-state index contributed by atoms with van der Waals surface area (Å²) in [5, 5.41) is 8.33. The van der Waals surface area contributed by atoms with Crippen LogP contribution in [-0.2, 0) is 17.9 Å². The second-order valence-corrected chi connectivity index (χ2v) is 6.63. The molecule has 0 aliphatic heterocycles. The van der Waals surface area contributed by atoms with Crippen molar-refractivity contribution in [1.29, 1.82) is 0 Å². The molecule has 0 radical (unpaired) electrons. The van der Waals surface area contributed by atoms with Crippen LogP contribution in [0, 0.1) is 5.82 Å². The third-order valence-electron chi connectivity index (χ3n) is 4.61. The molecule has 0 spiro atoms. The molecule has 3 aromatic carbocycles. The van der Waals surface area contributed by atoms with Crippen LogP contribution in [0.1, 0.15) is 5.56 Å². The zero-order valence-electron chi connectivity index (χ0n) is 15.5. The van der Waals surface area contributed by atoms with Crippen LogP contribution >= 0.6 is 0 Å². The van der Waals surface area contributed by atoms with Crippen molar-refractivity contribution >= 4 is 16.7 Å². The van der Waals surface area contributed by atoms with E-state index >= 15 is 0 Å². The maximum absolute atomic E-state index is 13.3. The van der Waals surface area contributed by atoms with Gasteiger partial charge in [0.05, 0.1) is 11.1 Å². The Labute approximate surface area is 166 Å². The predicted octanol–water partition coefficient (Wildman–Crippen LogP) is 3.52. The van der Waals surface area contributed by atoms with Gasteiger partial charge in [0.15, 0.2) is 0 Å². The summed E-state index contributed by atoms with van der Waals surface area (Å²) in [4.78, 5) is 25.2. The Bertz CT molecular complexity index is 1220. The molecule has 0 saturated heterocycles. The SMILES string of the molecule is O=C(Cn1nc(-c2ccc(F)cc2)c2ccccc2c1=O)NCc1ccccc1. The van der Waals surface area contributed by atoms with Crippen molar-refractivity contribution in [2.24, 2.45) is 0 Å². The van der Waals surface area contributed by atoms with Crippen molar-refractivity contribution in [2.45, 2.75) is 13.1 Å². The average molecular weight is 387 g/mol. The molecule has 1 aromatic heterocycles. The van der Waals surface area contributed by atoms with Gasteiger partial charge in [0.25, 0.3) is 5.56 Å². The van der Waals surface area contributed by atoms with Crippen molar-refractivity contribution in [3.63, 3.8) is 0 Å². The van der Waals surface area contributed by atoms with Crippen molar-refractivity contribution in [3.05, 3.63) is 101 Å². The molecule has 1 heterocycles. The van der Waals surface area contributed by atoms with Gasteiger partial charge in [-0.25, -0.2) is 9.07 Å². The molecule has 0 fully saturated rings. The lowest BCUT2D eigenvalue weighted by Crippen LogP contribution is -2.33. The first-order valence-electron chi connectivity index (χ1n) is 9.18. The summed E-state index contributed by atoms with van der Waals surface area (Å²) >= 11 is 0. The largest absolute Gasteiger partial charge is 0.350 e. The minimum absolute atomic E-state index is 0.204. The van der Waals surface area contributed by atoms with E-state index < -0.39 is 0 Å². The first kappa shape index (κ1) is 18.6. The molecule has 0 saturated carbocycles. The van der Waals surface area contributed by atoms with Crippen LogP contribution in [0.5, 0.6) is 0 Å². The van der Waals surface area contributed by atoms with Gasteiger partial charge in [-0.3, -0.25) is 9.59 Å². The molecule has 1 amide bonds. The first-order chi connectivity index (χ1) is 14.1. The van der Waals surface area contributed by atoms with Crippen molar-refractivity contribution in [3.8, 4) is 11.3 Å². The molecule has 144 valence electrons. The highest BCUT2D eigenvalue weighted by Gasteiger charge is 2.14. The number of carbonyl (C=O) groups excluding carboxylic acids is 1. The van der Waals surface area contributed by atoms with E-state index in [1.54, 1.807) is 30.3 Å². The van der Waals surface area contributed by atoms with Gasteiger partial charge >= 0.3 is 0 Å². The number of nitrogens with one attached hydrogen (secondary N) is 1. The topological polar surface area (TPSA) is 64.0 Å². The molecule has 0 atom stereocenters. The predicted molar refractivity (Wildman–Crippen MR) is 110 cm³/mol. The van der Waals surface area contributed by atoms with Gasteiger partial charge in [-0.1, -0.05) is 48.5 Å². The Kier molecular flexibility index (Phi) is 5.16. The molecule has 5 nitrogen and oxygen atoms in total. The number of hydrogen-bond acceptors (Lipinski definition) is 3. The van der Waals surface area contributed by atoms with Gasteiger partial charge in [-0.05, 0) is 35.9 Å². The van der Waals surface area contributed by atoms with E-state index in [2.05, 4.69) is 10.4 Å². The van der Waals surface area contributed by atoms with Gasteiger partial charge in [0.2, 0.25) is 5.91 Å². The standard InChI is InChI=1S/C23H18FN3O2/c24-18-12-10-17(11-13-18)22-19-8-4-5-9-20(19)23(29)27(26-22)15-21(28)25-14-16-6-2-1-3-7-16/h1-13H,14-15H2,(H,25,28). The summed E-state index contributed by atoms with van der Waals surface area (Å²) in [6, 6.07) is 22.5. The zero-order chi connectivity index (χ0) is 20.2. The summed E-state index contributed by atoms with van der Waals surface area (Å²) in [6.45, 7) is 0.164. The summed E-state index contributed by atoms with van der Waals surface area (Å²) < 4.78 is 14.5. The van der Waals surface area contributed by atoms with E-state index in [4.69, 9.17) is 0 Å². The Morgan fingerprint density at radius 2 is 1.55 bits per heavy atom. The van der Waals surface area contributed by atoms with Crippen LogP contribution in [0.3, 0.4) is 0 Å². The molecule has 4 aromatic rings. The van der Waals surface area contributed by atoms with E-state index in [0.29, 0.717) is 28.6 Å². The minimum atomic E-state index is -0.355. The smallest absolute Gasteiger partial charge is 0.275 e. The molecular weight excluding hydrogens is 369 g/mol. The molecule has 0 aliphatic carbocycles. The first-order valence-corrected chi connectivity index (χ1v) is 9.18. The maximum atomic E-state index is 13.3. The van der Waals surface area contributed by atoms with Crippen LogP contribution in [0.15, 0.2) is 83.7 Å². The van der Waals surface area contributed by atoms with Gasteiger partial charge < -0.3 is 5.32 Å². The lowest BCUT2D eigenvalue weighted by atomic mass is 10.1. The van der Waals surface area contributed by atoms with Gasteiger partial charge in [-0.15, -0.1) is 0 Å². The minimum Gasteiger partial charge on any atom is -0.350 e. The zero-order valence-corrected chi connectivity index (χ0v) is 15.5. The second kappa shape index (κ2) is 8.06. The molecule has 6 heteroatoms. The number of nitrogens with zero attached hydrogens (tertiary/aromatic N) is 2. The van der Waals surface area contributed by atoms with Gasteiger partial charge in [0, 0.05) is 17.5 Å². The van der Waals surface area contributed by atoms with Crippen molar-refractivity contribution < 1.29 is 9.18 Å². The van der Waals surface area contributed by atoms with Crippen LogP contribution < -0.4 is 10.9 Å². The van der Waals surface area contributed by atoms with E-state index in [-0.39, 0.29) is 23.8 Å². The van der Waals surface area contributed by atoms with E-state index in [1.807, 2.05) is 36.4 Å². The molecule has 0 aliphatic rings. The quantitative estimate of drug-likeness (QED) is 0.570. The third kappa shape index (κ3) is 4.06. The number of rotatable bonds is 5. The highest BCUT2D eigenvalue weighted by atomic mass is 19.1. The summed E-state index contributed by atoms with van der Waals surface area (Å²) in [5.74, 6) is -0.671. The van der Waals surface area contributed by atoms with E-state index in [1.165, 1.54) is 12.1 Å². The molecule has 0 unspecified atom stereocenters. The highest BCUT2D eigenvalue weighted by molar-refractivity contribution is 5.93. The fourth-order valence-corrected chi connectivity index (χ4v) is 3.15. The Morgan fingerprint density at radius 3 is 2.28 bits per heavy atom. The lowest BCUT2D eigenvalue weighted by Gasteiger charge is -2.11. The fraction of sp³-hybridized carbons (Fsp3) is 0.0870. The molecular formula is C23H18FN3O2. The van der Waals surface area contributed by atoms with Crippen LogP contribution in [0.4, 0.5) is 4.39 Å². The summed E-state index contributed by atoms with van der Waals surface area (Å²) in [6.07, 6.45) is 0. The summed E-state index contributed by atoms with van der Waals surface area (Å²) in [7, 11) is 0. The molecule has 4 rings (SSSR count). The third-order valence-corrected chi connectivity index (χ3v) is 4.61. The summed E-state index contributed by atoms with van der Waals surface area (Å²) in [5.41, 5.74) is 1.81. The van der Waals surface area contributed by atoms with E-state index in [0.717, 1.165) is 10.2 Å². The number of aromatic nitrogens is 2. The van der Waals surface area contributed by atoms with Crippen LogP contribution in [0.2, 0.25) is 0 Å². The Balaban J connectivity index is 1.67. The molecule has 29 heavy (non-hydrogen) atoms. The molecule has 0 bridgehead atoms. The second-order valence-electron chi connectivity index (χ2n) is 6.63. The number of hydrogen-bond donors (Lipinski definition) is 1. The number of fused-ring (bicyclic) bond motifs is 1. The number of halogens is 1. The number of benzene rings is 3. The van der Waals surface area contributed by atoms with Crippen LogP contribution in [-0.4, -0.2) is 15.7 Å². The Morgan fingerprint density at radius 1 is 0.897 bits per heavy atom. The number of carbonyl (C=O) groups is 1. The maximum Gasteiger partial charge on any atom is 0.275 e. The number of amides is 1. The fourth-order valence-electron chi connectivity index (χ4n) is 3.15. The van der Waals surface area contributed by atoms with Crippen LogP contribution in [0.25, 0.3) is 22.0 Å². The normalized spacial score (nSPS) is 10.8. The Hall–Kier alpha value is -3.80. The average Bonchev–Trinajstić information content (AvgIpc) is 2.76. The van der Waals surface area contributed by atoms with Crippen molar-refractivity contribution in [1.82, 2.24) is 15.1 Å². The van der Waals surface area contributed by atoms with Gasteiger partial charge in [-0.2, -0.15) is 5.10 Å². The van der Waals surface area contributed by atoms with Crippen molar-refractivity contribution in [2.75, 3.05) is 0 Å².